The Labute approximate surface area is 214 Å². The Kier molecular flexibility index (Phi) is 9.10. The number of carbonyl (C=O) groups excluding carboxylic acids is 2. The predicted molar refractivity (Wildman–Crippen MR) is 139 cm³/mol. The number of esters is 1. The number of nitriles is 1. The number of thioether (sulfide) groups is 1. The van der Waals surface area contributed by atoms with Crippen molar-refractivity contribution < 1.29 is 19.1 Å². The molecule has 1 aromatic heterocycles. The van der Waals surface area contributed by atoms with E-state index < -0.39 is 0 Å². The molecule has 0 aliphatic carbocycles. The van der Waals surface area contributed by atoms with Crippen molar-refractivity contribution in [3.63, 3.8) is 0 Å². The average molecular weight is 519 g/mol. The number of nitrogens with zero attached hydrogens (tertiary/aromatic N) is 4. The molecule has 1 aromatic rings. The van der Waals surface area contributed by atoms with Gasteiger partial charge < -0.3 is 14.4 Å². The van der Waals surface area contributed by atoms with Crippen LogP contribution in [0.5, 0.6) is 0 Å². The quantitative estimate of drug-likeness (QED) is 0.292. The van der Waals surface area contributed by atoms with Gasteiger partial charge in [-0.1, -0.05) is 24.0 Å². The SMILES string of the molecule is CCOC(=O)C1CCCN(c2c(/C=C3/SC(=S)N(CCOC)C3=O)c(C)c(C#N)c(=O)n2CC)C1. The van der Waals surface area contributed by atoms with Gasteiger partial charge in [-0.2, -0.15) is 5.26 Å². The summed E-state index contributed by atoms with van der Waals surface area (Å²) < 4.78 is 12.3. The zero-order chi connectivity index (χ0) is 25.7. The molecule has 0 saturated carbocycles. The lowest BCUT2D eigenvalue weighted by atomic mass is 9.96. The Balaban J connectivity index is 2.14. The van der Waals surface area contributed by atoms with Gasteiger partial charge in [0.25, 0.3) is 11.5 Å². The smallest absolute Gasteiger partial charge is 0.310 e. The molecular formula is C24H30N4O5S2. The molecule has 0 bridgehead atoms. The van der Waals surface area contributed by atoms with Crippen molar-refractivity contribution in [1.82, 2.24) is 9.47 Å². The molecule has 0 radical (unpaired) electrons. The van der Waals surface area contributed by atoms with E-state index in [4.69, 9.17) is 21.7 Å². The van der Waals surface area contributed by atoms with Crippen LogP contribution in [0.15, 0.2) is 9.70 Å². The maximum Gasteiger partial charge on any atom is 0.310 e. The third-order valence-electron chi connectivity index (χ3n) is 6.17. The minimum absolute atomic E-state index is 0.0377. The number of ether oxygens (including phenoxy) is 2. The fourth-order valence-corrected chi connectivity index (χ4v) is 5.70. The third kappa shape index (κ3) is 5.44. The number of anilines is 1. The molecule has 3 heterocycles. The van der Waals surface area contributed by atoms with E-state index in [0.717, 1.165) is 6.42 Å². The molecule has 11 heteroatoms. The Hall–Kier alpha value is -2.68. The first kappa shape index (κ1) is 26.9. The highest BCUT2D eigenvalue weighted by molar-refractivity contribution is 8.26. The van der Waals surface area contributed by atoms with Gasteiger partial charge in [0.15, 0.2) is 0 Å². The lowest BCUT2D eigenvalue weighted by molar-refractivity contribution is -0.148. The number of thiocarbonyl (C=S) groups is 1. The van der Waals surface area contributed by atoms with Crippen LogP contribution in [0.1, 0.15) is 43.4 Å². The van der Waals surface area contributed by atoms with Crippen molar-refractivity contribution in [3.05, 3.63) is 31.9 Å². The normalized spacial score (nSPS) is 19.4. The number of amides is 1. The van der Waals surface area contributed by atoms with Gasteiger partial charge in [0.1, 0.15) is 21.8 Å². The first-order valence-electron chi connectivity index (χ1n) is 11.6. The number of aromatic nitrogens is 1. The fourth-order valence-electron chi connectivity index (χ4n) is 4.41. The van der Waals surface area contributed by atoms with E-state index in [1.54, 1.807) is 31.6 Å². The second kappa shape index (κ2) is 11.8. The summed E-state index contributed by atoms with van der Waals surface area (Å²) in [4.78, 5) is 42.7. The van der Waals surface area contributed by atoms with Crippen LogP contribution in [0.2, 0.25) is 0 Å². The monoisotopic (exact) mass is 518 g/mol. The van der Waals surface area contributed by atoms with Gasteiger partial charge in [-0.15, -0.1) is 0 Å². The Morgan fingerprint density at radius 2 is 2.09 bits per heavy atom. The van der Waals surface area contributed by atoms with Crippen LogP contribution < -0.4 is 10.5 Å². The minimum atomic E-state index is -0.384. The molecule has 2 aliphatic heterocycles. The first-order valence-corrected chi connectivity index (χ1v) is 12.8. The van der Waals surface area contributed by atoms with Crippen molar-refractivity contribution >= 4 is 52.1 Å². The number of pyridine rings is 1. The number of hydrogen-bond acceptors (Lipinski definition) is 9. The van der Waals surface area contributed by atoms with Gasteiger partial charge in [0.2, 0.25) is 0 Å². The second-order valence-corrected chi connectivity index (χ2v) is 9.94. The average Bonchev–Trinajstić information content (AvgIpc) is 3.11. The van der Waals surface area contributed by atoms with Crippen LogP contribution in [-0.4, -0.2) is 65.6 Å². The van der Waals surface area contributed by atoms with Gasteiger partial charge in [-0.25, -0.2) is 0 Å². The second-order valence-electron chi connectivity index (χ2n) is 8.26. The van der Waals surface area contributed by atoms with E-state index in [-0.39, 0.29) is 28.9 Å². The lowest BCUT2D eigenvalue weighted by Crippen LogP contribution is -2.43. The molecule has 188 valence electrons. The summed E-state index contributed by atoms with van der Waals surface area (Å²) in [5.74, 6) is -0.211. The van der Waals surface area contributed by atoms with E-state index in [1.807, 2.05) is 17.9 Å². The molecule has 2 saturated heterocycles. The highest BCUT2D eigenvalue weighted by atomic mass is 32.2. The van der Waals surface area contributed by atoms with Crippen LogP contribution in [0.3, 0.4) is 0 Å². The number of hydrogen-bond donors (Lipinski definition) is 0. The van der Waals surface area contributed by atoms with Gasteiger partial charge in [-0.3, -0.25) is 23.9 Å². The van der Waals surface area contributed by atoms with Crippen molar-refractivity contribution in [2.24, 2.45) is 5.92 Å². The summed E-state index contributed by atoms with van der Waals surface area (Å²) in [6.07, 6.45) is 3.17. The molecule has 9 nitrogen and oxygen atoms in total. The zero-order valence-corrected chi connectivity index (χ0v) is 22.1. The van der Waals surface area contributed by atoms with Crippen LogP contribution >= 0.6 is 24.0 Å². The van der Waals surface area contributed by atoms with E-state index in [9.17, 15) is 19.6 Å². The van der Waals surface area contributed by atoms with Gasteiger partial charge in [0.05, 0.1) is 30.6 Å². The molecule has 35 heavy (non-hydrogen) atoms. The fraction of sp³-hybridized carbons (Fsp3) is 0.542. The number of methoxy groups -OCH3 is 1. The highest BCUT2D eigenvalue weighted by Crippen LogP contribution is 2.36. The molecule has 3 rings (SSSR count). The molecule has 2 fully saturated rings. The molecule has 1 amide bonds. The van der Waals surface area contributed by atoms with Gasteiger partial charge in [-0.05, 0) is 45.3 Å². The van der Waals surface area contributed by atoms with E-state index >= 15 is 0 Å². The molecule has 0 N–H and O–H groups in total. The summed E-state index contributed by atoms with van der Waals surface area (Å²) >= 11 is 6.59. The van der Waals surface area contributed by atoms with Crippen molar-refractivity contribution in [2.45, 2.75) is 40.2 Å². The maximum atomic E-state index is 13.2. The molecule has 1 unspecified atom stereocenters. The topological polar surface area (TPSA) is 105 Å². The third-order valence-corrected chi connectivity index (χ3v) is 7.55. The van der Waals surface area contributed by atoms with Crippen molar-refractivity contribution in [2.75, 3.05) is 44.9 Å². The molecule has 2 aliphatic rings. The van der Waals surface area contributed by atoms with E-state index in [0.29, 0.717) is 72.0 Å². The van der Waals surface area contributed by atoms with Crippen molar-refractivity contribution in [3.8, 4) is 6.07 Å². The predicted octanol–water partition coefficient (Wildman–Crippen LogP) is 2.68. The molecular weight excluding hydrogens is 488 g/mol. The minimum Gasteiger partial charge on any atom is -0.466 e. The summed E-state index contributed by atoms with van der Waals surface area (Å²) in [5, 5.41) is 9.74. The van der Waals surface area contributed by atoms with Gasteiger partial charge >= 0.3 is 5.97 Å². The summed E-state index contributed by atoms with van der Waals surface area (Å²) in [6.45, 7) is 7.69. The van der Waals surface area contributed by atoms with Crippen molar-refractivity contribution in [1.29, 1.82) is 5.26 Å². The molecule has 0 aromatic carbocycles. The van der Waals surface area contributed by atoms with Gasteiger partial charge in [0, 0.05) is 32.3 Å². The first-order chi connectivity index (χ1) is 16.8. The number of rotatable bonds is 8. The highest BCUT2D eigenvalue weighted by Gasteiger charge is 2.34. The zero-order valence-electron chi connectivity index (χ0n) is 20.5. The molecule has 0 spiro atoms. The van der Waals surface area contributed by atoms with E-state index in [1.165, 1.54) is 16.7 Å². The van der Waals surface area contributed by atoms with Crippen LogP contribution in [0.4, 0.5) is 5.82 Å². The van der Waals surface area contributed by atoms with E-state index in [2.05, 4.69) is 0 Å². The van der Waals surface area contributed by atoms with Crippen LogP contribution in [-0.2, 0) is 25.6 Å². The van der Waals surface area contributed by atoms with Crippen LogP contribution in [0.25, 0.3) is 6.08 Å². The number of carbonyl (C=O) groups is 2. The molecule has 1 atom stereocenters. The summed E-state index contributed by atoms with van der Waals surface area (Å²) in [5.41, 5.74) is 0.763. The maximum absolute atomic E-state index is 13.2. The Morgan fingerprint density at radius 3 is 2.71 bits per heavy atom. The Morgan fingerprint density at radius 1 is 1.34 bits per heavy atom. The van der Waals surface area contributed by atoms with Crippen LogP contribution in [0, 0.1) is 24.2 Å². The summed E-state index contributed by atoms with van der Waals surface area (Å²) in [7, 11) is 1.56. The summed E-state index contributed by atoms with van der Waals surface area (Å²) in [6, 6.07) is 2.03. The number of piperidine rings is 1. The largest absolute Gasteiger partial charge is 0.466 e. The Bertz CT molecular complexity index is 1150. The lowest BCUT2D eigenvalue weighted by Gasteiger charge is -2.36. The standard InChI is InChI=1S/C24H30N4O5S2/c1-5-27-20(26-9-7-8-16(14-26)23(31)33-6-2)17(15(3)18(13-25)21(27)29)12-19-22(30)28(10-11-32-4)24(34)35-19/h12,16H,5-11,14H2,1-4H3/b19-12+.